The molecule has 1 N–H and O–H groups in total. The molecule has 1 saturated heterocycles. The summed E-state index contributed by atoms with van der Waals surface area (Å²) in [5, 5.41) is 7.25. The molecule has 2 aliphatic rings. The third kappa shape index (κ3) is 2.68. The van der Waals surface area contributed by atoms with E-state index in [-0.39, 0.29) is 17.1 Å². The van der Waals surface area contributed by atoms with E-state index in [1.807, 2.05) is 18.0 Å². The summed E-state index contributed by atoms with van der Waals surface area (Å²) in [7, 11) is 0. The number of amides is 1. The van der Waals surface area contributed by atoms with E-state index in [4.69, 9.17) is 4.74 Å². The second-order valence-electron chi connectivity index (χ2n) is 6.69. The summed E-state index contributed by atoms with van der Waals surface area (Å²) < 4.78 is 7.69. The number of pyridine rings is 1. The summed E-state index contributed by atoms with van der Waals surface area (Å²) in [6.45, 7) is 4.41. The molecule has 0 aromatic carbocycles. The van der Waals surface area contributed by atoms with Gasteiger partial charge in [-0.15, -0.1) is 0 Å². The van der Waals surface area contributed by atoms with Gasteiger partial charge in [0.15, 0.2) is 0 Å². The van der Waals surface area contributed by atoms with Gasteiger partial charge in [0, 0.05) is 37.5 Å². The van der Waals surface area contributed by atoms with Gasteiger partial charge in [-0.25, -0.2) is 0 Å². The molecule has 7 nitrogen and oxygen atoms in total. The van der Waals surface area contributed by atoms with E-state index in [2.05, 4.69) is 10.2 Å². The topological polar surface area (TPSA) is 80.2 Å². The summed E-state index contributed by atoms with van der Waals surface area (Å²) in [6, 6.07) is 3.15. The molecule has 0 saturated carbocycles. The van der Waals surface area contributed by atoms with Gasteiger partial charge in [-0.1, -0.05) is 0 Å². The molecule has 0 aliphatic carbocycles. The quantitative estimate of drug-likeness (QED) is 0.892. The highest BCUT2D eigenvalue weighted by molar-refractivity contribution is 5.94. The fourth-order valence-corrected chi connectivity index (χ4v) is 3.87. The zero-order valence-corrected chi connectivity index (χ0v) is 14.3. The number of nitrogens with zero attached hydrogens (tertiary/aromatic N) is 3. The Bertz CT molecular complexity index is 846. The van der Waals surface area contributed by atoms with Crippen LogP contribution in [0.5, 0.6) is 0 Å². The smallest absolute Gasteiger partial charge is 0.254 e. The van der Waals surface area contributed by atoms with E-state index in [1.54, 1.807) is 16.8 Å². The van der Waals surface area contributed by atoms with Gasteiger partial charge in [-0.05, 0) is 37.8 Å². The van der Waals surface area contributed by atoms with Gasteiger partial charge in [-0.3, -0.25) is 14.7 Å². The number of ether oxygens (including phenoxy) is 1. The number of nitrogens with one attached hydrogen (secondary N) is 1. The molecular formula is C18H22N4O3. The zero-order valence-electron chi connectivity index (χ0n) is 14.3. The number of aromatic nitrogens is 3. The first-order chi connectivity index (χ1) is 12.1. The predicted octanol–water partition coefficient (Wildman–Crippen LogP) is 1.30. The lowest BCUT2D eigenvalue weighted by Gasteiger charge is -2.43. The minimum Gasteiger partial charge on any atom is -0.368 e. The van der Waals surface area contributed by atoms with Crippen molar-refractivity contribution < 1.29 is 9.53 Å². The van der Waals surface area contributed by atoms with E-state index in [9.17, 15) is 9.59 Å². The highest BCUT2D eigenvalue weighted by atomic mass is 16.5. The standard InChI is InChI=1S/C18H22N4O3/c1-2-21-7-3-13(11-15(21)23)17(24)22-8-5-18(6-9-22)16-14(4-10-25-18)12-19-20-16/h3,7,11-12H,2,4-6,8-10H2,1H3,(H,19,20). The Morgan fingerprint density at radius 3 is 2.92 bits per heavy atom. The Balaban J connectivity index is 1.50. The van der Waals surface area contributed by atoms with Gasteiger partial charge in [0.05, 0.1) is 18.5 Å². The van der Waals surface area contributed by atoms with Crippen molar-refractivity contribution in [2.75, 3.05) is 19.7 Å². The molecule has 0 atom stereocenters. The number of carbonyl (C=O) groups is 1. The summed E-state index contributed by atoms with van der Waals surface area (Å²) in [6.07, 6.45) is 5.91. The number of aromatic amines is 1. The van der Waals surface area contributed by atoms with Crippen molar-refractivity contribution >= 4 is 5.91 Å². The lowest BCUT2D eigenvalue weighted by atomic mass is 9.83. The van der Waals surface area contributed by atoms with Gasteiger partial charge >= 0.3 is 0 Å². The number of H-pyrrole nitrogens is 1. The van der Waals surface area contributed by atoms with Crippen molar-refractivity contribution in [2.24, 2.45) is 0 Å². The SMILES string of the molecule is CCn1ccc(C(=O)N2CCC3(CC2)OCCc2cn[nH]c23)cc1=O. The second kappa shape index (κ2) is 6.15. The second-order valence-corrected chi connectivity index (χ2v) is 6.69. The van der Waals surface area contributed by atoms with Crippen LogP contribution in [0.1, 0.15) is 41.4 Å². The van der Waals surface area contributed by atoms with Crippen molar-refractivity contribution in [3.63, 3.8) is 0 Å². The molecule has 4 heterocycles. The van der Waals surface area contributed by atoms with Crippen molar-refractivity contribution in [1.29, 1.82) is 0 Å². The number of rotatable bonds is 2. The molecule has 1 amide bonds. The van der Waals surface area contributed by atoms with Crippen LogP contribution in [0.25, 0.3) is 0 Å². The molecular weight excluding hydrogens is 320 g/mol. The molecule has 2 aliphatic heterocycles. The van der Waals surface area contributed by atoms with Crippen LogP contribution in [-0.4, -0.2) is 45.3 Å². The van der Waals surface area contributed by atoms with Gasteiger partial charge in [0.2, 0.25) is 0 Å². The Labute approximate surface area is 145 Å². The molecule has 1 spiro atoms. The predicted molar refractivity (Wildman–Crippen MR) is 91.4 cm³/mol. The maximum Gasteiger partial charge on any atom is 0.254 e. The van der Waals surface area contributed by atoms with Crippen LogP contribution in [0, 0.1) is 0 Å². The normalized spacial score (nSPS) is 19.0. The van der Waals surface area contributed by atoms with E-state index in [1.165, 1.54) is 11.6 Å². The molecule has 1 fully saturated rings. The number of carbonyl (C=O) groups excluding carboxylic acids is 1. The van der Waals surface area contributed by atoms with E-state index in [0.717, 1.165) is 25.0 Å². The van der Waals surface area contributed by atoms with Gasteiger partial charge in [-0.2, -0.15) is 5.10 Å². The molecule has 2 aromatic rings. The number of aryl methyl sites for hydroxylation is 1. The Hall–Kier alpha value is -2.41. The summed E-state index contributed by atoms with van der Waals surface area (Å²) >= 11 is 0. The Morgan fingerprint density at radius 1 is 1.40 bits per heavy atom. The lowest BCUT2D eigenvalue weighted by molar-refractivity contribution is -0.0962. The lowest BCUT2D eigenvalue weighted by Crippen LogP contribution is -2.48. The molecule has 4 rings (SSSR count). The fraction of sp³-hybridized carbons (Fsp3) is 0.500. The molecule has 0 unspecified atom stereocenters. The third-order valence-electron chi connectivity index (χ3n) is 5.37. The molecule has 7 heteroatoms. The van der Waals surface area contributed by atoms with E-state index < -0.39 is 0 Å². The van der Waals surface area contributed by atoms with Gasteiger partial charge < -0.3 is 14.2 Å². The Morgan fingerprint density at radius 2 is 2.20 bits per heavy atom. The van der Waals surface area contributed by atoms with Crippen molar-refractivity contribution in [1.82, 2.24) is 19.7 Å². The average Bonchev–Trinajstić information content (AvgIpc) is 3.12. The molecule has 25 heavy (non-hydrogen) atoms. The molecule has 0 bridgehead atoms. The van der Waals surface area contributed by atoms with Crippen LogP contribution < -0.4 is 5.56 Å². The molecule has 132 valence electrons. The largest absolute Gasteiger partial charge is 0.368 e. The number of fused-ring (bicyclic) bond motifs is 2. The van der Waals surface area contributed by atoms with Crippen LogP contribution in [0.2, 0.25) is 0 Å². The van der Waals surface area contributed by atoms with E-state index >= 15 is 0 Å². The monoisotopic (exact) mass is 342 g/mol. The first-order valence-corrected chi connectivity index (χ1v) is 8.79. The minimum absolute atomic E-state index is 0.0872. The maximum absolute atomic E-state index is 12.7. The zero-order chi connectivity index (χ0) is 17.4. The van der Waals surface area contributed by atoms with Crippen LogP contribution in [0.15, 0.2) is 29.3 Å². The average molecular weight is 342 g/mol. The number of hydrogen-bond acceptors (Lipinski definition) is 4. The summed E-state index contributed by atoms with van der Waals surface area (Å²) in [5.41, 5.74) is 2.24. The Kier molecular flexibility index (Phi) is 3.95. The van der Waals surface area contributed by atoms with Gasteiger partial charge in [0.1, 0.15) is 5.60 Å². The number of likely N-dealkylation sites (tertiary alicyclic amines) is 1. The first kappa shape index (κ1) is 16.1. The van der Waals surface area contributed by atoms with Gasteiger partial charge in [0.25, 0.3) is 11.5 Å². The highest BCUT2D eigenvalue weighted by Gasteiger charge is 2.43. The van der Waals surface area contributed by atoms with Crippen LogP contribution >= 0.6 is 0 Å². The maximum atomic E-state index is 12.7. The van der Waals surface area contributed by atoms with Crippen molar-refractivity contribution in [2.45, 2.75) is 38.3 Å². The van der Waals surface area contributed by atoms with Crippen molar-refractivity contribution in [3.8, 4) is 0 Å². The molecule has 0 radical (unpaired) electrons. The minimum atomic E-state index is -0.355. The highest BCUT2D eigenvalue weighted by Crippen LogP contribution is 2.40. The summed E-state index contributed by atoms with van der Waals surface area (Å²) in [4.78, 5) is 26.5. The third-order valence-corrected chi connectivity index (χ3v) is 5.37. The number of hydrogen-bond donors (Lipinski definition) is 1. The van der Waals surface area contributed by atoms with E-state index in [0.29, 0.717) is 31.8 Å². The molecule has 2 aromatic heterocycles. The fourth-order valence-electron chi connectivity index (χ4n) is 3.87. The summed E-state index contributed by atoms with van der Waals surface area (Å²) in [5.74, 6) is -0.0872. The first-order valence-electron chi connectivity index (χ1n) is 8.79. The van der Waals surface area contributed by atoms with Crippen molar-refractivity contribution in [3.05, 3.63) is 51.7 Å². The number of piperidine rings is 1. The van der Waals surface area contributed by atoms with Crippen LogP contribution in [-0.2, 0) is 23.3 Å². The van der Waals surface area contributed by atoms with Crippen LogP contribution in [0.3, 0.4) is 0 Å². The van der Waals surface area contributed by atoms with Crippen LogP contribution in [0.4, 0.5) is 0 Å².